The summed E-state index contributed by atoms with van der Waals surface area (Å²) in [6.45, 7) is 0. The van der Waals surface area contributed by atoms with Crippen LogP contribution in [0.5, 0.6) is 0 Å². The van der Waals surface area contributed by atoms with E-state index in [0.717, 1.165) is 30.3 Å². The van der Waals surface area contributed by atoms with E-state index in [2.05, 4.69) is 5.32 Å². The normalized spacial score (nSPS) is 11.1. The molecule has 0 aliphatic rings. The van der Waals surface area contributed by atoms with Gasteiger partial charge in [0, 0.05) is 17.8 Å². The highest BCUT2D eigenvalue weighted by atomic mass is 35.5. The molecule has 5 nitrogen and oxygen atoms in total. The van der Waals surface area contributed by atoms with Gasteiger partial charge in [0.05, 0.1) is 21.1 Å². The summed E-state index contributed by atoms with van der Waals surface area (Å²) in [6, 6.07) is 7.24. The van der Waals surface area contributed by atoms with Crippen LogP contribution in [0, 0.1) is 10.1 Å². The minimum atomic E-state index is -4.55. The highest BCUT2D eigenvalue weighted by molar-refractivity contribution is 6.34. The molecular formula is C14H8ClF3N2O3. The number of nitro benzene ring substituents is 1. The van der Waals surface area contributed by atoms with E-state index in [1.807, 2.05) is 0 Å². The van der Waals surface area contributed by atoms with Gasteiger partial charge in [0.25, 0.3) is 11.6 Å². The van der Waals surface area contributed by atoms with Crippen molar-refractivity contribution in [2.24, 2.45) is 0 Å². The third-order valence-electron chi connectivity index (χ3n) is 2.85. The standard InChI is InChI=1S/C14H8ClF3N2O3/c15-12-5-4-10(20(22)23)7-11(12)13(21)19-9-3-1-2-8(6-9)14(16,17)18/h1-7H,(H,19,21). The number of nitrogens with zero attached hydrogens (tertiary/aromatic N) is 1. The molecule has 1 amide bonds. The van der Waals surface area contributed by atoms with Crippen LogP contribution in [0.25, 0.3) is 0 Å². The highest BCUT2D eigenvalue weighted by Gasteiger charge is 2.30. The fraction of sp³-hybridized carbons (Fsp3) is 0.0714. The van der Waals surface area contributed by atoms with Crippen molar-refractivity contribution in [1.29, 1.82) is 0 Å². The van der Waals surface area contributed by atoms with Gasteiger partial charge in [0.15, 0.2) is 0 Å². The van der Waals surface area contributed by atoms with E-state index >= 15 is 0 Å². The number of nitrogens with one attached hydrogen (secondary N) is 1. The van der Waals surface area contributed by atoms with E-state index in [1.165, 1.54) is 12.1 Å². The molecule has 0 atom stereocenters. The number of benzene rings is 2. The first kappa shape index (κ1) is 16.8. The lowest BCUT2D eigenvalue weighted by Crippen LogP contribution is -2.14. The largest absolute Gasteiger partial charge is 0.416 e. The first-order chi connectivity index (χ1) is 10.7. The third-order valence-corrected chi connectivity index (χ3v) is 3.18. The van der Waals surface area contributed by atoms with Crippen LogP contribution < -0.4 is 5.32 Å². The van der Waals surface area contributed by atoms with E-state index in [-0.39, 0.29) is 22.0 Å². The molecule has 0 saturated carbocycles. The van der Waals surface area contributed by atoms with Gasteiger partial charge in [-0.3, -0.25) is 14.9 Å². The van der Waals surface area contributed by atoms with E-state index < -0.39 is 22.6 Å². The molecule has 2 rings (SSSR count). The molecule has 1 N–H and O–H groups in total. The lowest BCUT2D eigenvalue weighted by molar-refractivity contribution is -0.384. The summed E-state index contributed by atoms with van der Waals surface area (Å²) < 4.78 is 37.9. The lowest BCUT2D eigenvalue weighted by atomic mass is 10.1. The minimum absolute atomic E-state index is 0.0555. The second-order valence-corrected chi connectivity index (χ2v) is 4.86. The van der Waals surface area contributed by atoms with Gasteiger partial charge in [-0.1, -0.05) is 17.7 Å². The SMILES string of the molecule is O=C(Nc1cccc(C(F)(F)F)c1)c1cc([N+](=O)[O-])ccc1Cl. The van der Waals surface area contributed by atoms with Gasteiger partial charge in [0.1, 0.15) is 0 Å². The van der Waals surface area contributed by atoms with Gasteiger partial charge in [-0.15, -0.1) is 0 Å². The Hall–Kier alpha value is -2.61. The molecule has 9 heteroatoms. The van der Waals surface area contributed by atoms with Crippen molar-refractivity contribution in [3.63, 3.8) is 0 Å². The molecule has 0 fully saturated rings. The van der Waals surface area contributed by atoms with Crippen LogP contribution in [0.3, 0.4) is 0 Å². The van der Waals surface area contributed by atoms with Crippen LogP contribution in [0.1, 0.15) is 15.9 Å². The Morgan fingerprint density at radius 1 is 1.17 bits per heavy atom. The molecule has 0 aliphatic carbocycles. The molecule has 0 spiro atoms. The number of hydrogen-bond acceptors (Lipinski definition) is 3. The van der Waals surface area contributed by atoms with Crippen LogP contribution in [-0.2, 0) is 6.18 Å². The molecule has 0 heterocycles. The summed E-state index contributed by atoms with van der Waals surface area (Å²) in [5.74, 6) is -0.849. The van der Waals surface area contributed by atoms with Gasteiger partial charge in [0.2, 0.25) is 0 Å². The molecule has 0 radical (unpaired) electrons. The van der Waals surface area contributed by atoms with E-state index in [9.17, 15) is 28.1 Å². The average Bonchev–Trinajstić information content (AvgIpc) is 2.46. The molecular weight excluding hydrogens is 337 g/mol. The maximum atomic E-state index is 12.6. The monoisotopic (exact) mass is 344 g/mol. The number of amides is 1. The predicted molar refractivity (Wildman–Crippen MR) is 77.5 cm³/mol. The molecule has 120 valence electrons. The highest BCUT2D eigenvalue weighted by Crippen LogP contribution is 2.31. The zero-order valence-corrected chi connectivity index (χ0v) is 12.0. The zero-order valence-electron chi connectivity index (χ0n) is 11.2. The Morgan fingerprint density at radius 2 is 1.87 bits per heavy atom. The molecule has 2 aromatic carbocycles. The molecule has 0 aliphatic heterocycles. The number of anilines is 1. The summed E-state index contributed by atoms with van der Waals surface area (Å²) in [5, 5.41) is 12.9. The van der Waals surface area contributed by atoms with Crippen molar-refractivity contribution < 1.29 is 22.9 Å². The number of carbonyl (C=O) groups excluding carboxylic acids is 1. The summed E-state index contributed by atoms with van der Waals surface area (Å²) in [7, 11) is 0. The van der Waals surface area contributed by atoms with Crippen molar-refractivity contribution >= 4 is 28.9 Å². The Kier molecular flexibility index (Phi) is 4.55. The van der Waals surface area contributed by atoms with Crippen molar-refractivity contribution in [3.8, 4) is 0 Å². The summed E-state index contributed by atoms with van der Waals surface area (Å²) in [5.41, 5.74) is -1.60. The van der Waals surface area contributed by atoms with Gasteiger partial charge in [-0.05, 0) is 24.3 Å². The number of nitro groups is 1. The summed E-state index contributed by atoms with van der Waals surface area (Å²) in [4.78, 5) is 22.1. The number of hydrogen-bond donors (Lipinski definition) is 1. The van der Waals surface area contributed by atoms with Crippen LogP contribution in [-0.4, -0.2) is 10.8 Å². The molecule has 0 unspecified atom stereocenters. The fourth-order valence-corrected chi connectivity index (χ4v) is 1.98. The summed E-state index contributed by atoms with van der Waals surface area (Å²) in [6.07, 6.45) is -4.55. The smallest absolute Gasteiger partial charge is 0.322 e. The predicted octanol–water partition coefficient (Wildman–Crippen LogP) is 4.52. The fourth-order valence-electron chi connectivity index (χ4n) is 1.77. The van der Waals surface area contributed by atoms with E-state index in [1.54, 1.807) is 0 Å². The number of rotatable bonds is 3. The van der Waals surface area contributed by atoms with E-state index in [0.29, 0.717) is 0 Å². The molecule has 23 heavy (non-hydrogen) atoms. The van der Waals surface area contributed by atoms with Crippen LogP contribution >= 0.6 is 11.6 Å². The quantitative estimate of drug-likeness (QED) is 0.657. The average molecular weight is 345 g/mol. The Labute approximate surface area is 132 Å². The van der Waals surface area contributed by atoms with Crippen molar-refractivity contribution in [3.05, 3.63) is 68.7 Å². The van der Waals surface area contributed by atoms with Gasteiger partial charge in [-0.2, -0.15) is 13.2 Å². The number of alkyl halides is 3. The van der Waals surface area contributed by atoms with Crippen molar-refractivity contribution in [2.75, 3.05) is 5.32 Å². The Bertz CT molecular complexity index is 778. The Balaban J connectivity index is 2.29. The maximum Gasteiger partial charge on any atom is 0.416 e. The molecule has 2 aromatic rings. The number of carbonyl (C=O) groups is 1. The van der Waals surface area contributed by atoms with Crippen molar-refractivity contribution in [2.45, 2.75) is 6.18 Å². The molecule has 0 aromatic heterocycles. The first-order valence-corrected chi connectivity index (χ1v) is 6.49. The van der Waals surface area contributed by atoms with Crippen LogP contribution in [0.15, 0.2) is 42.5 Å². The number of non-ortho nitro benzene ring substituents is 1. The van der Waals surface area contributed by atoms with Gasteiger partial charge >= 0.3 is 6.18 Å². The summed E-state index contributed by atoms with van der Waals surface area (Å²) >= 11 is 5.80. The second kappa shape index (κ2) is 6.25. The Morgan fingerprint density at radius 3 is 2.48 bits per heavy atom. The van der Waals surface area contributed by atoms with Crippen LogP contribution in [0.2, 0.25) is 5.02 Å². The maximum absolute atomic E-state index is 12.6. The lowest BCUT2D eigenvalue weighted by Gasteiger charge is -2.10. The van der Waals surface area contributed by atoms with E-state index in [4.69, 9.17) is 11.6 Å². The zero-order chi connectivity index (χ0) is 17.2. The number of halogens is 4. The van der Waals surface area contributed by atoms with Crippen molar-refractivity contribution in [1.82, 2.24) is 0 Å². The van der Waals surface area contributed by atoms with Gasteiger partial charge < -0.3 is 5.32 Å². The topological polar surface area (TPSA) is 72.2 Å². The van der Waals surface area contributed by atoms with Gasteiger partial charge in [-0.25, -0.2) is 0 Å². The minimum Gasteiger partial charge on any atom is -0.322 e. The van der Waals surface area contributed by atoms with Crippen LogP contribution in [0.4, 0.5) is 24.5 Å². The third kappa shape index (κ3) is 3.98. The molecule has 0 bridgehead atoms. The second-order valence-electron chi connectivity index (χ2n) is 4.45. The molecule has 0 saturated heterocycles. The first-order valence-electron chi connectivity index (χ1n) is 6.11.